The van der Waals surface area contributed by atoms with Gasteiger partial charge in [0.1, 0.15) is 42.0 Å². The fourth-order valence-corrected chi connectivity index (χ4v) is 8.66. The molecule has 0 radical (unpaired) electrons. The van der Waals surface area contributed by atoms with Crippen molar-refractivity contribution < 1.29 is 58.4 Å². The van der Waals surface area contributed by atoms with E-state index in [1.807, 2.05) is 0 Å². The molecule has 8 N–H and O–H groups in total. The highest BCUT2D eigenvalue weighted by molar-refractivity contribution is 6.44. The summed E-state index contributed by atoms with van der Waals surface area (Å²) in [6.45, 7) is 6.18. The summed E-state index contributed by atoms with van der Waals surface area (Å²) in [5.41, 5.74) is -0.899. The SMILES string of the molecule is COC[C@@H]1NC(=O)[C@@H]2C[C@H](Cl)CNN2C(=O)[C@H](C(C)(C)C)OC(=O)[C@@H](C2(C)CC2)NC(=O)[C@@H]2C[C@@]3(O)c4ccc(Cl)c(Cl)c4N[C@H]3N2C(=O)[C@@H]([C@@H](O)CC(=O)O)NC1=O. The Kier molecular flexibility index (Phi) is 12.4. The number of nitrogens with one attached hydrogen (secondary N) is 5. The molecular weight excluding hydrogens is 841 g/mol. The number of aliphatic hydroxyl groups excluding tert-OH is 1. The molecule has 0 spiro atoms. The van der Waals surface area contributed by atoms with Gasteiger partial charge in [-0.25, -0.2) is 10.2 Å². The molecule has 3 saturated heterocycles. The van der Waals surface area contributed by atoms with Gasteiger partial charge in [-0.05, 0) is 30.7 Å². The predicted octanol–water partition coefficient (Wildman–Crippen LogP) is -0.0456. The molecule has 324 valence electrons. The smallest absolute Gasteiger partial charge is 0.330 e. The molecule has 10 atom stereocenters. The third kappa shape index (κ3) is 8.52. The van der Waals surface area contributed by atoms with E-state index in [0.717, 1.165) is 9.91 Å². The normalized spacial score (nSPS) is 33.1. The van der Waals surface area contributed by atoms with E-state index in [0.29, 0.717) is 12.8 Å². The molecule has 1 aromatic carbocycles. The summed E-state index contributed by atoms with van der Waals surface area (Å²) < 4.78 is 11.2. The number of aliphatic carboxylic acids is 1. The minimum Gasteiger partial charge on any atom is -0.481 e. The molecule has 1 aliphatic carbocycles. The first-order chi connectivity index (χ1) is 27.5. The number of nitrogens with zero attached hydrogens (tertiary/aromatic N) is 2. The number of ether oxygens (including phenoxy) is 2. The Labute approximate surface area is 354 Å². The van der Waals surface area contributed by atoms with E-state index in [4.69, 9.17) is 44.3 Å². The van der Waals surface area contributed by atoms with E-state index >= 15 is 0 Å². The summed E-state index contributed by atoms with van der Waals surface area (Å²) in [6, 6.07) is -5.30. The maximum Gasteiger partial charge on any atom is 0.330 e. The number of carbonyl (C=O) groups excluding carboxylic acids is 6. The van der Waals surface area contributed by atoms with Crippen molar-refractivity contribution in [2.45, 2.75) is 119 Å². The lowest BCUT2D eigenvalue weighted by Crippen LogP contribution is -2.67. The Bertz CT molecular complexity index is 1930. The van der Waals surface area contributed by atoms with Crippen molar-refractivity contribution in [1.82, 2.24) is 31.3 Å². The first-order valence-corrected chi connectivity index (χ1v) is 20.2. The van der Waals surface area contributed by atoms with E-state index in [9.17, 15) is 48.9 Å². The Morgan fingerprint density at radius 2 is 1.66 bits per heavy atom. The molecule has 4 fully saturated rings. The molecule has 1 saturated carbocycles. The van der Waals surface area contributed by atoms with Crippen molar-refractivity contribution in [1.29, 1.82) is 0 Å². The molecule has 0 bridgehead atoms. The Morgan fingerprint density at radius 3 is 2.27 bits per heavy atom. The molecule has 1 aromatic rings. The second kappa shape index (κ2) is 16.5. The van der Waals surface area contributed by atoms with Gasteiger partial charge in [-0.2, -0.15) is 0 Å². The monoisotopic (exact) mass is 887 g/mol. The van der Waals surface area contributed by atoms with Crippen LogP contribution in [0.15, 0.2) is 12.1 Å². The number of hydrazine groups is 1. The first kappa shape index (κ1) is 44.6. The minimum atomic E-state index is -2.14. The number of fused-ring (bicyclic) bond motifs is 6. The van der Waals surface area contributed by atoms with Crippen LogP contribution in [0.4, 0.5) is 5.69 Å². The molecule has 4 aliphatic heterocycles. The zero-order valence-electron chi connectivity index (χ0n) is 32.8. The van der Waals surface area contributed by atoms with Crippen LogP contribution in [0.5, 0.6) is 0 Å². The van der Waals surface area contributed by atoms with Gasteiger partial charge in [0, 0.05) is 31.1 Å². The number of cyclic esters (lactones) is 1. The summed E-state index contributed by atoms with van der Waals surface area (Å²) >= 11 is 19.2. The average Bonchev–Trinajstić information content (AvgIpc) is 3.73. The standard InChI is InChI=1S/C37H48Cl3N7O12/c1-35(2,3)27-32(55)47-19(10-15(38)13-41-47)29(52)42-18(14-58-5)28(51)43-25(21(48)11-22(49)50)31(54)46-20(30(53)45-26(33(56)59-27)36(4)8-9-36)12-37(57)16-6-7-17(39)23(40)24(16)44-34(37)46/h6-7,15,18-21,25-27,34,41,44,48,57H,8-14H2,1-5H3,(H,42,52)(H,43,51)(H,45,53)(H,49,50)/t15-,18-,19-,20-,21-,25+,26-,27+,34-,37+/m0/s1. The maximum absolute atomic E-state index is 14.9. The molecule has 22 heteroatoms. The number of benzene rings is 1. The molecule has 5 aliphatic rings. The summed E-state index contributed by atoms with van der Waals surface area (Å²) in [5.74, 6) is -7.55. The van der Waals surface area contributed by atoms with Crippen LogP contribution >= 0.6 is 34.8 Å². The number of anilines is 1. The van der Waals surface area contributed by atoms with Crippen molar-refractivity contribution >= 4 is 82.0 Å². The van der Waals surface area contributed by atoms with Gasteiger partial charge in [-0.1, -0.05) is 57.0 Å². The number of aliphatic hydroxyl groups is 2. The van der Waals surface area contributed by atoms with Crippen LogP contribution in [0.1, 0.15) is 65.4 Å². The second-order valence-electron chi connectivity index (χ2n) is 17.1. The summed E-state index contributed by atoms with van der Waals surface area (Å²) in [5, 5.41) is 44.2. The van der Waals surface area contributed by atoms with Crippen molar-refractivity contribution in [2.24, 2.45) is 10.8 Å². The Morgan fingerprint density at radius 1 is 1.00 bits per heavy atom. The van der Waals surface area contributed by atoms with E-state index in [1.165, 1.54) is 19.2 Å². The molecule has 59 heavy (non-hydrogen) atoms. The molecule has 0 aromatic heterocycles. The number of carboxylic acid groups (broad SMARTS) is 1. The number of carboxylic acids is 1. The molecule has 5 amide bonds. The van der Waals surface area contributed by atoms with Gasteiger partial charge in [0.25, 0.3) is 5.91 Å². The van der Waals surface area contributed by atoms with E-state index in [1.54, 1.807) is 27.7 Å². The minimum absolute atomic E-state index is 0.0182. The van der Waals surface area contributed by atoms with Crippen molar-refractivity contribution in [3.8, 4) is 0 Å². The number of hydrogen-bond donors (Lipinski definition) is 8. The van der Waals surface area contributed by atoms with Gasteiger partial charge >= 0.3 is 11.9 Å². The molecule has 19 nitrogen and oxygen atoms in total. The van der Waals surface area contributed by atoms with Gasteiger partial charge in [0.2, 0.25) is 23.6 Å². The third-order valence-corrected chi connectivity index (χ3v) is 12.7. The van der Waals surface area contributed by atoms with Crippen LogP contribution < -0.4 is 26.7 Å². The number of rotatable bonds is 6. The van der Waals surface area contributed by atoms with Gasteiger partial charge in [-0.15, -0.1) is 11.6 Å². The van der Waals surface area contributed by atoms with Gasteiger partial charge < -0.3 is 51.0 Å². The molecule has 4 heterocycles. The molecule has 6 rings (SSSR count). The van der Waals surface area contributed by atoms with Crippen molar-refractivity contribution in [3.05, 3.63) is 27.7 Å². The number of alkyl halides is 1. The number of amides is 5. The highest BCUT2D eigenvalue weighted by atomic mass is 35.5. The zero-order chi connectivity index (χ0) is 43.5. The fourth-order valence-electron chi connectivity index (χ4n) is 8.05. The number of esters is 1. The zero-order valence-corrected chi connectivity index (χ0v) is 35.1. The van der Waals surface area contributed by atoms with Crippen molar-refractivity contribution in [3.63, 3.8) is 0 Å². The summed E-state index contributed by atoms with van der Waals surface area (Å²) in [4.78, 5) is 99.1. The number of carbonyl (C=O) groups is 7. The highest BCUT2D eigenvalue weighted by Gasteiger charge is 2.63. The molecular formula is C37H48Cl3N7O12. The average molecular weight is 889 g/mol. The quantitative estimate of drug-likeness (QED) is 0.138. The topological polar surface area (TPSA) is 265 Å². The highest BCUT2D eigenvalue weighted by Crippen LogP contribution is 2.53. The number of methoxy groups -OCH3 is 1. The van der Waals surface area contributed by atoms with Crippen LogP contribution in [0, 0.1) is 10.8 Å². The van der Waals surface area contributed by atoms with Gasteiger partial charge in [0.05, 0.1) is 40.2 Å². The van der Waals surface area contributed by atoms with Crippen LogP contribution in [0.2, 0.25) is 10.0 Å². The second-order valence-corrected chi connectivity index (χ2v) is 18.5. The lowest BCUT2D eigenvalue weighted by molar-refractivity contribution is -0.176. The van der Waals surface area contributed by atoms with E-state index < -0.39 is 131 Å². The number of halogens is 3. The largest absolute Gasteiger partial charge is 0.481 e. The Balaban J connectivity index is 1.49. The Hall–Kier alpha value is -3.98. The van der Waals surface area contributed by atoms with Gasteiger partial charge in [0.15, 0.2) is 6.10 Å². The van der Waals surface area contributed by atoms with Crippen molar-refractivity contribution in [2.75, 3.05) is 25.6 Å². The fraction of sp³-hybridized carbons (Fsp3) is 0.649. The van der Waals surface area contributed by atoms with Gasteiger partial charge in [-0.3, -0.25) is 33.8 Å². The van der Waals surface area contributed by atoms with Crippen LogP contribution in [-0.4, -0.2) is 141 Å². The van der Waals surface area contributed by atoms with E-state index in [2.05, 4.69) is 26.7 Å². The van der Waals surface area contributed by atoms with E-state index in [-0.39, 0.29) is 34.3 Å². The predicted molar refractivity (Wildman–Crippen MR) is 209 cm³/mol. The van der Waals surface area contributed by atoms with Crippen LogP contribution in [-0.2, 0) is 48.6 Å². The summed E-state index contributed by atoms with van der Waals surface area (Å²) in [6.07, 6.45) is -5.97. The number of hydrogen-bond acceptors (Lipinski definition) is 13. The third-order valence-electron chi connectivity index (χ3n) is 11.6. The maximum atomic E-state index is 14.9. The lowest BCUT2D eigenvalue weighted by Gasteiger charge is -2.42. The first-order valence-electron chi connectivity index (χ1n) is 19.0. The summed E-state index contributed by atoms with van der Waals surface area (Å²) in [7, 11) is 1.21. The lowest BCUT2D eigenvalue weighted by atomic mass is 9.87. The van der Waals surface area contributed by atoms with Crippen LogP contribution in [0.25, 0.3) is 0 Å². The molecule has 0 unspecified atom stereocenters. The van der Waals surface area contributed by atoms with Crippen LogP contribution in [0.3, 0.4) is 0 Å².